The number of thioether (sulfide) groups is 1. The molecule has 4 aromatic rings. The Morgan fingerprint density at radius 1 is 1.00 bits per heavy atom. The summed E-state index contributed by atoms with van der Waals surface area (Å²) in [5.41, 5.74) is 2.31. The van der Waals surface area contributed by atoms with Crippen LogP contribution in [0.5, 0.6) is 0 Å². The van der Waals surface area contributed by atoms with Crippen LogP contribution in [-0.4, -0.2) is 20.7 Å². The zero-order valence-corrected chi connectivity index (χ0v) is 19.0. The monoisotopic (exact) mass is 465 g/mol. The molecule has 0 spiro atoms. The zero-order chi connectivity index (χ0) is 23.7. The molecule has 1 amide bonds. The third-order valence-electron chi connectivity index (χ3n) is 5.07. The number of hydrogen-bond donors (Lipinski definition) is 1. The Bertz CT molecular complexity index is 1390. The molecular formula is C25H21F2N3O2S. The van der Waals surface area contributed by atoms with Gasteiger partial charge in [0.1, 0.15) is 17.3 Å². The Labute approximate surface area is 193 Å². The molecule has 4 rings (SSSR count). The zero-order valence-electron chi connectivity index (χ0n) is 18.2. The van der Waals surface area contributed by atoms with Crippen molar-refractivity contribution in [1.82, 2.24) is 9.55 Å². The van der Waals surface area contributed by atoms with Gasteiger partial charge in [-0.3, -0.25) is 14.2 Å². The summed E-state index contributed by atoms with van der Waals surface area (Å²) in [4.78, 5) is 30.8. The van der Waals surface area contributed by atoms with Crippen molar-refractivity contribution in [3.05, 3.63) is 93.8 Å². The highest BCUT2D eigenvalue weighted by atomic mass is 32.2. The van der Waals surface area contributed by atoms with E-state index in [0.29, 0.717) is 21.7 Å². The summed E-state index contributed by atoms with van der Waals surface area (Å²) in [5, 5.41) is 2.26. The smallest absolute Gasteiger partial charge is 0.266 e. The highest BCUT2D eigenvalue weighted by Gasteiger charge is 2.22. The van der Waals surface area contributed by atoms with E-state index in [1.54, 1.807) is 31.2 Å². The van der Waals surface area contributed by atoms with E-state index in [2.05, 4.69) is 10.3 Å². The molecular weight excluding hydrogens is 444 g/mol. The molecule has 168 valence electrons. The number of amides is 1. The van der Waals surface area contributed by atoms with Crippen molar-refractivity contribution in [1.29, 1.82) is 0 Å². The minimum atomic E-state index is -0.864. The molecule has 1 aromatic heterocycles. The van der Waals surface area contributed by atoms with Crippen LogP contribution in [-0.2, 0) is 4.79 Å². The summed E-state index contributed by atoms with van der Waals surface area (Å²) in [5.74, 6) is -2.34. The van der Waals surface area contributed by atoms with Gasteiger partial charge in [0.25, 0.3) is 5.56 Å². The van der Waals surface area contributed by atoms with Gasteiger partial charge in [-0.2, -0.15) is 0 Å². The van der Waals surface area contributed by atoms with Crippen LogP contribution in [0.3, 0.4) is 0 Å². The number of carbonyl (C=O) groups is 1. The third kappa shape index (κ3) is 4.66. The van der Waals surface area contributed by atoms with Crippen LogP contribution >= 0.6 is 11.8 Å². The maximum Gasteiger partial charge on any atom is 0.266 e. The normalized spacial score (nSPS) is 12.0. The lowest BCUT2D eigenvalue weighted by Crippen LogP contribution is -2.27. The van der Waals surface area contributed by atoms with Gasteiger partial charge in [0.2, 0.25) is 5.91 Å². The lowest BCUT2D eigenvalue weighted by atomic mass is 10.1. The number of aromatic nitrogens is 2. The number of benzene rings is 3. The standard InChI is InChI=1S/C25H21F2N3O2S/c1-14-11-15(2)13-17(12-14)30-24(32)18-7-4-5-10-21(18)28-25(30)33-16(3)23(31)29-22-19(26)8-6-9-20(22)27/h4-13,16H,1-3H3,(H,29,31). The fourth-order valence-electron chi connectivity index (χ4n) is 3.55. The molecule has 1 N–H and O–H groups in total. The van der Waals surface area contributed by atoms with Gasteiger partial charge in [0.15, 0.2) is 5.16 Å². The summed E-state index contributed by atoms with van der Waals surface area (Å²) < 4.78 is 29.4. The van der Waals surface area contributed by atoms with Gasteiger partial charge in [-0.05, 0) is 68.3 Å². The summed E-state index contributed by atoms with van der Waals surface area (Å²) in [7, 11) is 0. The van der Waals surface area contributed by atoms with Crippen molar-refractivity contribution in [2.75, 3.05) is 5.32 Å². The van der Waals surface area contributed by atoms with Crippen molar-refractivity contribution >= 4 is 34.3 Å². The quantitative estimate of drug-likeness (QED) is 0.317. The van der Waals surface area contributed by atoms with Gasteiger partial charge >= 0.3 is 0 Å². The van der Waals surface area contributed by atoms with Gasteiger partial charge in [-0.25, -0.2) is 13.8 Å². The molecule has 0 aliphatic heterocycles. The Kier molecular flexibility index (Phi) is 6.29. The summed E-state index contributed by atoms with van der Waals surface area (Å²) in [6, 6.07) is 16.1. The maximum atomic E-state index is 14.0. The van der Waals surface area contributed by atoms with Crippen molar-refractivity contribution in [2.24, 2.45) is 0 Å². The molecule has 5 nitrogen and oxygen atoms in total. The first-order valence-electron chi connectivity index (χ1n) is 10.3. The van der Waals surface area contributed by atoms with Crippen LogP contribution < -0.4 is 10.9 Å². The van der Waals surface area contributed by atoms with E-state index in [4.69, 9.17) is 0 Å². The van der Waals surface area contributed by atoms with Crippen LogP contribution in [0, 0.1) is 25.5 Å². The molecule has 1 atom stereocenters. The van der Waals surface area contributed by atoms with E-state index in [1.807, 2.05) is 32.0 Å². The van der Waals surface area contributed by atoms with Crippen LogP contribution in [0.2, 0.25) is 0 Å². The van der Waals surface area contributed by atoms with Crippen molar-refractivity contribution in [3.63, 3.8) is 0 Å². The van der Waals surface area contributed by atoms with Crippen molar-refractivity contribution in [3.8, 4) is 5.69 Å². The van der Waals surface area contributed by atoms with Gasteiger partial charge in [0.05, 0.1) is 21.8 Å². The third-order valence-corrected chi connectivity index (χ3v) is 6.12. The fourth-order valence-corrected chi connectivity index (χ4v) is 4.48. The Balaban J connectivity index is 1.76. The average molecular weight is 466 g/mol. The Hall–Kier alpha value is -3.52. The number of nitrogens with zero attached hydrogens (tertiary/aromatic N) is 2. The van der Waals surface area contributed by atoms with E-state index < -0.39 is 28.5 Å². The number of para-hydroxylation sites is 2. The van der Waals surface area contributed by atoms with Crippen LogP contribution in [0.1, 0.15) is 18.1 Å². The number of carbonyl (C=O) groups excluding carboxylic acids is 1. The lowest BCUT2D eigenvalue weighted by Gasteiger charge is -2.17. The Morgan fingerprint density at radius 3 is 2.30 bits per heavy atom. The predicted molar refractivity (Wildman–Crippen MR) is 127 cm³/mol. The van der Waals surface area contributed by atoms with Gasteiger partial charge in [-0.1, -0.05) is 36.0 Å². The molecule has 0 radical (unpaired) electrons. The molecule has 1 heterocycles. The van der Waals surface area contributed by atoms with Gasteiger partial charge < -0.3 is 5.32 Å². The highest BCUT2D eigenvalue weighted by molar-refractivity contribution is 8.00. The number of hydrogen-bond acceptors (Lipinski definition) is 4. The first kappa shape index (κ1) is 22.7. The highest BCUT2D eigenvalue weighted by Crippen LogP contribution is 2.27. The molecule has 0 aliphatic carbocycles. The maximum absolute atomic E-state index is 14.0. The average Bonchev–Trinajstić information content (AvgIpc) is 2.75. The van der Waals surface area contributed by atoms with E-state index in [1.165, 1.54) is 10.6 Å². The SMILES string of the molecule is Cc1cc(C)cc(-n2c(SC(C)C(=O)Nc3c(F)cccc3F)nc3ccccc3c2=O)c1. The minimum absolute atomic E-state index is 0.263. The molecule has 1 unspecified atom stereocenters. The van der Waals surface area contributed by atoms with Gasteiger partial charge in [-0.15, -0.1) is 0 Å². The molecule has 8 heteroatoms. The van der Waals surface area contributed by atoms with Crippen molar-refractivity contribution < 1.29 is 13.6 Å². The van der Waals surface area contributed by atoms with E-state index in [0.717, 1.165) is 35.0 Å². The number of anilines is 1. The fraction of sp³-hybridized carbons (Fsp3) is 0.160. The molecule has 33 heavy (non-hydrogen) atoms. The first-order chi connectivity index (χ1) is 15.7. The van der Waals surface area contributed by atoms with Crippen LogP contribution in [0.15, 0.2) is 70.6 Å². The second-order valence-corrected chi connectivity index (χ2v) is 9.05. The number of halogens is 2. The molecule has 3 aromatic carbocycles. The molecule has 0 saturated heterocycles. The van der Waals surface area contributed by atoms with Gasteiger partial charge in [0, 0.05) is 0 Å². The number of fused-ring (bicyclic) bond motifs is 1. The van der Waals surface area contributed by atoms with E-state index in [-0.39, 0.29) is 5.56 Å². The first-order valence-corrected chi connectivity index (χ1v) is 11.1. The number of nitrogens with one attached hydrogen (secondary N) is 1. The molecule has 0 aliphatic rings. The van der Waals surface area contributed by atoms with Crippen LogP contribution in [0.4, 0.5) is 14.5 Å². The summed E-state index contributed by atoms with van der Waals surface area (Å²) >= 11 is 1.04. The number of aryl methyl sites for hydroxylation is 2. The topological polar surface area (TPSA) is 64.0 Å². The van der Waals surface area contributed by atoms with E-state index >= 15 is 0 Å². The largest absolute Gasteiger partial charge is 0.320 e. The molecule has 0 bridgehead atoms. The van der Waals surface area contributed by atoms with E-state index in [9.17, 15) is 18.4 Å². The minimum Gasteiger partial charge on any atom is -0.320 e. The molecule has 0 fully saturated rings. The van der Waals surface area contributed by atoms with Crippen molar-refractivity contribution in [2.45, 2.75) is 31.2 Å². The van der Waals surface area contributed by atoms with Crippen LogP contribution in [0.25, 0.3) is 16.6 Å². The molecule has 0 saturated carbocycles. The summed E-state index contributed by atoms with van der Waals surface area (Å²) in [6.45, 7) is 5.45. The second kappa shape index (κ2) is 9.15. The Morgan fingerprint density at radius 2 is 1.64 bits per heavy atom. The number of rotatable bonds is 5. The summed E-state index contributed by atoms with van der Waals surface area (Å²) in [6.07, 6.45) is 0. The lowest BCUT2D eigenvalue weighted by molar-refractivity contribution is -0.115. The second-order valence-electron chi connectivity index (χ2n) is 7.74. The predicted octanol–water partition coefficient (Wildman–Crippen LogP) is 5.40.